The van der Waals surface area contributed by atoms with Gasteiger partial charge in [-0.1, -0.05) is 0 Å². The van der Waals surface area contributed by atoms with Gasteiger partial charge in [-0.25, -0.2) is 14.4 Å². The molecule has 2 atom stereocenters. The van der Waals surface area contributed by atoms with Crippen molar-refractivity contribution in [3.63, 3.8) is 0 Å². The lowest BCUT2D eigenvalue weighted by atomic mass is 10.1. The van der Waals surface area contributed by atoms with Crippen molar-refractivity contribution in [1.82, 2.24) is 15.3 Å². The molecule has 1 aromatic heterocycles. The SMILES string of the molecule is C[C@H](O)C(NC(=O)c1cnc(OCC(F)(F)F)c(-c2ccc(F)cc2)n1)C1CC1. The molecule has 0 saturated heterocycles. The van der Waals surface area contributed by atoms with Crippen LogP contribution in [0.15, 0.2) is 30.5 Å². The van der Waals surface area contributed by atoms with Crippen molar-refractivity contribution in [3.8, 4) is 17.1 Å². The van der Waals surface area contributed by atoms with E-state index in [4.69, 9.17) is 4.74 Å². The second-order valence-corrected chi connectivity index (χ2v) is 6.90. The van der Waals surface area contributed by atoms with Gasteiger partial charge in [0.25, 0.3) is 5.91 Å². The number of ether oxygens (including phenoxy) is 1. The monoisotopic (exact) mass is 413 g/mol. The normalized spacial score (nSPS) is 16.2. The first kappa shape index (κ1) is 21.0. The summed E-state index contributed by atoms with van der Waals surface area (Å²) in [6.07, 6.45) is -2.60. The number of aliphatic hydroxyl groups excluding tert-OH is 1. The number of carbonyl (C=O) groups is 1. The first-order chi connectivity index (χ1) is 13.6. The highest BCUT2D eigenvalue weighted by molar-refractivity contribution is 5.93. The van der Waals surface area contributed by atoms with E-state index in [-0.39, 0.29) is 22.9 Å². The molecule has 3 rings (SSSR count). The summed E-state index contributed by atoms with van der Waals surface area (Å²) in [6.45, 7) is -0.0276. The second-order valence-electron chi connectivity index (χ2n) is 6.90. The highest BCUT2D eigenvalue weighted by atomic mass is 19.4. The molecule has 10 heteroatoms. The molecule has 1 saturated carbocycles. The molecule has 1 fully saturated rings. The van der Waals surface area contributed by atoms with Crippen molar-refractivity contribution in [2.75, 3.05) is 6.61 Å². The lowest BCUT2D eigenvalue weighted by molar-refractivity contribution is -0.154. The minimum Gasteiger partial charge on any atom is -0.466 e. The first-order valence-electron chi connectivity index (χ1n) is 8.95. The highest BCUT2D eigenvalue weighted by Gasteiger charge is 2.36. The maximum Gasteiger partial charge on any atom is 0.422 e. The largest absolute Gasteiger partial charge is 0.466 e. The molecule has 1 unspecified atom stereocenters. The van der Waals surface area contributed by atoms with E-state index in [1.165, 1.54) is 12.1 Å². The molecular weight excluding hydrogens is 394 g/mol. The van der Waals surface area contributed by atoms with Crippen LogP contribution < -0.4 is 10.1 Å². The number of aliphatic hydroxyl groups is 1. The van der Waals surface area contributed by atoms with Gasteiger partial charge in [0.2, 0.25) is 5.88 Å². The van der Waals surface area contributed by atoms with Crippen LogP contribution in [0.25, 0.3) is 11.3 Å². The molecule has 2 N–H and O–H groups in total. The van der Waals surface area contributed by atoms with Gasteiger partial charge in [-0.3, -0.25) is 4.79 Å². The van der Waals surface area contributed by atoms with E-state index in [0.29, 0.717) is 0 Å². The van der Waals surface area contributed by atoms with E-state index < -0.39 is 42.5 Å². The molecule has 156 valence electrons. The van der Waals surface area contributed by atoms with E-state index >= 15 is 0 Å². The van der Waals surface area contributed by atoms with E-state index in [1.54, 1.807) is 6.92 Å². The van der Waals surface area contributed by atoms with Crippen LogP contribution in [-0.2, 0) is 0 Å². The average molecular weight is 413 g/mol. The van der Waals surface area contributed by atoms with Crippen LogP contribution in [0.4, 0.5) is 17.6 Å². The summed E-state index contributed by atoms with van der Waals surface area (Å²) in [5.41, 5.74) is -0.0445. The third-order valence-corrected chi connectivity index (χ3v) is 4.41. The predicted octanol–water partition coefficient (Wildman–Crippen LogP) is 3.11. The molecule has 1 amide bonds. The lowest BCUT2D eigenvalue weighted by Crippen LogP contribution is -2.44. The zero-order valence-corrected chi connectivity index (χ0v) is 15.4. The average Bonchev–Trinajstić information content (AvgIpc) is 3.49. The summed E-state index contributed by atoms with van der Waals surface area (Å²) >= 11 is 0. The number of carbonyl (C=O) groups excluding carboxylic acids is 1. The fourth-order valence-corrected chi connectivity index (χ4v) is 2.85. The Labute approximate surface area is 163 Å². The van der Waals surface area contributed by atoms with E-state index in [2.05, 4.69) is 15.3 Å². The minimum absolute atomic E-state index is 0.123. The van der Waals surface area contributed by atoms with Gasteiger partial charge in [-0.05, 0) is 49.9 Å². The van der Waals surface area contributed by atoms with Gasteiger partial charge in [0, 0.05) is 5.56 Å². The Bertz CT molecular complexity index is 866. The molecule has 1 aliphatic carbocycles. The fraction of sp³-hybridized carbons (Fsp3) is 0.421. The van der Waals surface area contributed by atoms with Gasteiger partial charge in [-0.15, -0.1) is 0 Å². The van der Waals surface area contributed by atoms with Crippen LogP contribution in [-0.4, -0.2) is 45.9 Å². The number of amides is 1. The van der Waals surface area contributed by atoms with Gasteiger partial charge < -0.3 is 15.2 Å². The number of halogens is 4. The van der Waals surface area contributed by atoms with Crippen molar-refractivity contribution in [2.24, 2.45) is 5.92 Å². The van der Waals surface area contributed by atoms with Crippen LogP contribution in [0.5, 0.6) is 5.88 Å². The molecule has 1 heterocycles. The zero-order valence-electron chi connectivity index (χ0n) is 15.4. The van der Waals surface area contributed by atoms with Crippen LogP contribution in [0, 0.1) is 11.7 Å². The van der Waals surface area contributed by atoms with Gasteiger partial charge in [0.1, 0.15) is 17.2 Å². The summed E-state index contributed by atoms with van der Waals surface area (Å²) in [5.74, 6) is -1.43. The maximum atomic E-state index is 13.2. The Hall–Kier alpha value is -2.75. The van der Waals surface area contributed by atoms with Crippen molar-refractivity contribution in [2.45, 2.75) is 38.1 Å². The van der Waals surface area contributed by atoms with Crippen molar-refractivity contribution < 1.29 is 32.2 Å². The molecule has 0 bridgehead atoms. The number of hydrogen-bond acceptors (Lipinski definition) is 5. The topological polar surface area (TPSA) is 84.3 Å². The van der Waals surface area contributed by atoms with E-state index in [1.807, 2.05) is 0 Å². The van der Waals surface area contributed by atoms with Crippen molar-refractivity contribution in [3.05, 3.63) is 42.0 Å². The Morgan fingerprint density at radius 2 is 1.97 bits per heavy atom. The standard InChI is InChI=1S/C19H19F4N3O3/c1-10(27)15(11-2-3-11)26-17(28)14-8-24-18(29-9-19(21,22)23)16(25-14)12-4-6-13(20)7-5-12/h4-8,10-11,15,27H,2-3,9H2,1H3,(H,26,28)/t10-,15?/m0/s1. The summed E-state index contributed by atoms with van der Waals surface area (Å²) in [5, 5.41) is 12.5. The number of nitrogens with zero attached hydrogens (tertiary/aromatic N) is 2. The molecule has 6 nitrogen and oxygen atoms in total. The van der Waals surface area contributed by atoms with Gasteiger partial charge in [0.15, 0.2) is 6.61 Å². The van der Waals surface area contributed by atoms with Crippen molar-refractivity contribution in [1.29, 1.82) is 0 Å². The number of benzene rings is 1. The van der Waals surface area contributed by atoms with E-state index in [9.17, 15) is 27.5 Å². The summed E-state index contributed by atoms with van der Waals surface area (Å²) in [4.78, 5) is 20.5. The number of aromatic nitrogens is 2. The van der Waals surface area contributed by atoms with Crippen LogP contribution in [0.3, 0.4) is 0 Å². The zero-order chi connectivity index (χ0) is 21.2. The maximum absolute atomic E-state index is 13.2. The number of alkyl halides is 3. The summed E-state index contributed by atoms with van der Waals surface area (Å²) < 4.78 is 55.5. The Morgan fingerprint density at radius 1 is 1.31 bits per heavy atom. The Morgan fingerprint density at radius 3 is 2.52 bits per heavy atom. The number of rotatable bonds is 7. The van der Waals surface area contributed by atoms with Crippen molar-refractivity contribution >= 4 is 5.91 Å². The molecule has 0 spiro atoms. The van der Waals surface area contributed by atoms with Crippen LogP contribution in [0.2, 0.25) is 0 Å². The third kappa shape index (κ3) is 5.63. The van der Waals surface area contributed by atoms with Gasteiger partial charge in [-0.2, -0.15) is 13.2 Å². The number of nitrogens with one attached hydrogen (secondary N) is 1. The summed E-state index contributed by atoms with van der Waals surface area (Å²) in [7, 11) is 0. The van der Waals surface area contributed by atoms with Crippen LogP contribution >= 0.6 is 0 Å². The molecule has 2 aromatic rings. The second kappa shape index (κ2) is 8.32. The smallest absolute Gasteiger partial charge is 0.422 e. The third-order valence-electron chi connectivity index (χ3n) is 4.41. The van der Waals surface area contributed by atoms with E-state index in [0.717, 1.165) is 31.2 Å². The molecular formula is C19H19F4N3O3. The molecule has 1 aromatic carbocycles. The molecule has 29 heavy (non-hydrogen) atoms. The van der Waals surface area contributed by atoms with Crippen LogP contribution in [0.1, 0.15) is 30.3 Å². The first-order valence-corrected chi connectivity index (χ1v) is 8.95. The highest BCUT2D eigenvalue weighted by Crippen LogP contribution is 2.34. The Kier molecular flexibility index (Phi) is 6.02. The fourth-order valence-electron chi connectivity index (χ4n) is 2.85. The Balaban J connectivity index is 1.89. The lowest BCUT2D eigenvalue weighted by Gasteiger charge is -2.21. The van der Waals surface area contributed by atoms with Gasteiger partial charge in [0.05, 0.1) is 18.3 Å². The molecule has 1 aliphatic rings. The summed E-state index contributed by atoms with van der Waals surface area (Å²) in [6, 6.07) is 4.34. The molecule has 0 aliphatic heterocycles. The molecule has 0 radical (unpaired) electrons. The van der Waals surface area contributed by atoms with Gasteiger partial charge >= 0.3 is 6.18 Å². The quantitative estimate of drug-likeness (QED) is 0.682. The predicted molar refractivity (Wildman–Crippen MR) is 94.6 cm³/mol. The number of hydrogen-bond donors (Lipinski definition) is 2. The minimum atomic E-state index is -4.59.